The number of H-pyrrole nitrogens is 1. The zero-order valence-corrected chi connectivity index (χ0v) is 13.5. The van der Waals surface area contributed by atoms with Gasteiger partial charge in [-0.2, -0.15) is 0 Å². The highest BCUT2D eigenvalue weighted by Gasteiger charge is 2.09. The number of nitrogens with zero attached hydrogens (tertiary/aromatic N) is 1. The topological polar surface area (TPSA) is 101 Å². The monoisotopic (exact) mass is 312 g/mol. The number of rotatable bonds is 9. The highest BCUT2D eigenvalue weighted by Crippen LogP contribution is 2.11. The summed E-state index contributed by atoms with van der Waals surface area (Å²) in [5, 5.41) is 3.31. The van der Waals surface area contributed by atoms with Crippen LogP contribution in [0.15, 0.2) is 16.0 Å². The number of carbonyl (C=O) groups excluding carboxylic acids is 1. The summed E-state index contributed by atoms with van der Waals surface area (Å²) in [6.07, 6.45) is 5.78. The highest BCUT2D eigenvalue weighted by molar-refractivity contribution is 7.99. The summed E-state index contributed by atoms with van der Waals surface area (Å²) < 4.78 is 0. The fourth-order valence-electron chi connectivity index (χ4n) is 1.92. The first kappa shape index (κ1) is 17.6. The third-order valence-electron chi connectivity index (χ3n) is 2.98. The number of aromatic amines is 1. The molecular weight excluding hydrogens is 288 g/mol. The second kappa shape index (κ2) is 9.44. The van der Waals surface area contributed by atoms with E-state index in [1.807, 2.05) is 6.92 Å². The lowest BCUT2D eigenvalue weighted by atomic mass is 10.1. The normalized spacial score (nSPS) is 12.1. The van der Waals surface area contributed by atoms with Gasteiger partial charge in [-0.3, -0.25) is 9.59 Å². The number of carbonyl (C=O) groups is 1. The van der Waals surface area contributed by atoms with Crippen LogP contribution in [0.4, 0.5) is 5.82 Å². The molecular formula is C14H24N4O2S. The largest absolute Gasteiger partial charge is 0.383 e. The van der Waals surface area contributed by atoms with Gasteiger partial charge in [0.1, 0.15) is 5.82 Å². The molecule has 0 bridgehead atoms. The maximum absolute atomic E-state index is 11.8. The van der Waals surface area contributed by atoms with Gasteiger partial charge >= 0.3 is 0 Å². The molecule has 0 unspecified atom stereocenters. The molecule has 4 N–H and O–H groups in total. The Hall–Kier alpha value is -1.50. The van der Waals surface area contributed by atoms with E-state index in [1.54, 1.807) is 0 Å². The second-order valence-corrected chi connectivity index (χ2v) is 6.05. The van der Waals surface area contributed by atoms with Crippen molar-refractivity contribution in [1.82, 2.24) is 15.3 Å². The smallest absolute Gasteiger partial charge is 0.253 e. The van der Waals surface area contributed by atoms with E-state index in [9.17, 15) is 9.59 Å². The van der Waals surface area contributed by atoms with Gasteiger partial charge in [-0.1, -0.05) is 44.4 Å². The van der Waals surface area contributed by atoms with Crippen molar-refractivity contribution in [2.45, 2.75) is 57.1 Å². The Balaban J connectivity index is 2.28. The van der Waals surface area contributed by atoms with Gasteiger partial charge in [0, 0.05) is 12.1 Å². The maximum Gasteiger partial charge on any atom is 0.253 e. The van der Waals surface area contributed by atoms with E-state index in [4.69, 9.17) is 5.73 Å². The number of nitrogens with one attached hydrogen (secondary N) is 2. The van der Waals surface area contributed by atoms with Gasteiger partial charge in [0.25, 0.3) is 5.56 Å². The number of hydrogen-bond donors (Lipinski definition) is 3. The SMILES string of the molecule is CCCCCC[C@@H](C)NC(=O)CSc1nc(N)cc(=O)[nH]1. The Labute approximate surface area is 129 Å². The van der Waals surface area contributed by atoms with Gasteiger partial charge in [-0.25, -0.2) is 4.98 Å². The summed E-state index contributed by atoms with van der Waals surface area (Å²) in [4.78, 5) is 29.5. The Morgan fingerprint density at radius 1 is 1.48 bits per heavy atom. The summed E-state index contributed by atoms with van der Waals surface area (Å²) in [5.41, 5.74) is 5.17. The molecule has 0 saturated heterocycles. The minimum Gasteiger partial charge on any atom is -0.383 e. The molecule has 21 heavy (non-hydrogen) atoms. The third kappa shape index (κ3) is 7.75. The number of nitrogens with two attached hydrogens (primary N) is 1. The maximum atomic E-state index is 11.8. The van der Waals surface area contributed by atoms with E-state index in [1.165, 1.54) is 37.1 Å². The number of hydrogen-bond acceptors (Lipinski definition) is 5. The molecule has 1 rings (SSSR count). The first-order valence-electron chi connectivity index (χ1n) is 7.30. The van der Waals surface area contributed by atoms with Crippen molar-refractivity contribution in [2.75, 3.05) is 11.5 Å². The van der Waals surface area contributed by atoms with Crippen molar-refractivity contribution in [1.29, 1.82) is 0 Å². The van der Waals surface area contributed by atoms with Crippen LogP contribution < -0.4 is 16.6 Å². The number of nitrogen functional groups attached to an aromatic ring is 1. The van der Waals surface area contributed by atoms with Gasteiger partial charge in [-0.05, 0) is 13.3 Å². The van der Waals surface area contributed by atoms with Gasteiger partial charge in [0.05, 0.1) is 5.75 Å². The summed E-state index contributed by atoms with van der Waals surface area (Å²) in [7, 11) is 0. The van der Waals surface area contributed by atoms with Crippen LogP contribution in [0.1, 0.15) is 46.0 Å². The molecule has 1 aromatic heterocycles. The Morgan fingerprint density at radius 2 is 2.24 bits per heavy atom. The summed E-state index contributed by atoms with van der Waals surface area (Å²) in [6.45, 7) is 4.19. The average molecular weight is 312 g/mol. The molecule has 1 atom stereocenters. The standard InChI is InChI=1S/C14H24N4O2S/c1-3-4-5-6-7-10(2)16-13(20)9-21-14-17-11(15)8-12(19)18-14/h8,10H,3-7,9H2,1-2H3,(H,16,20)(H3,15,17,18,19)/t10-/m1/s1. The Kier molecular flexibility index (Phi) is 7.89. The van der Waals surface area contributed by atoms with E-state index >= 15 is 0 Å². The zero-order chi connectivity index (χ0) is 15.7. The molecule has 0 fully saturated rings. The zero-order valence-electron chi connectivity index (χ0n) is 12.6. The van der Waals surface area contributed by atoms with Crippen LogP contribution in [0.5, 0.6) is 0 Å². The quantitative estimate of drug-likeness (QED) is 0.367. The minimum atomic E-state index is -0.310. The van der Waals surface area contributed by atoms with Crippen molar-refractivity contribution in [3.8, 4) is 0 Å². The molecule has 6 nitrogen and oxygen atoms in total. The molecule has 118 valence electrons. The summed E-state index contributed by atoms with van der Waals surface area (Å²) in [6, 6.07) is 1.38. The average Bonchev–Trinajstić information content (AvgIpc) is 2.40. The van der Waals surface area contributed by atoms with Crippen LogP contribution in [0, 0.1) is 0 Å². The molecule has 1 aromatic rings. The van der Waals surface area contributed by atoms with Gasteiger partial charge in [0.15, 0.2) is 5.16 Å². The predicted molar refractivity (Wildman–Crippen MR) is 86.4 cm³/mol. The molecule has 0 aliphatic rings. The van der Waals surface area contributed by atoms with Gasteiger partial charge < -0.3 is 16.0 Å². The summed E-state index contributed by atoms with van der Waals surface area (Å²) >= 11 is 1.17. The van der Waals surface area contributed by atoms with Gasteiger partial charge in [0.2, 0.25) is 5.91 Å². The number of thioether (sulfide) groups is 1. The van der Waals surface area contributed by atoms with Crippen molar-refractivity contribution < 1.29 is 4.79 Å². The van der Waals surface area contributed by atoms with E-state index in [0.717, 1.165) is 12.8 Å². The molecule has 0 saturated carbocycles. The molecule has 0 aliphatic carbocycles. The van der Waals surface area contributed by atoms with Crippen LogP contribution in [0.3, 0.4) is 0 Å². The molecule has 0 aromatic carbocycles. The fourth-order valence-corrected chi connectivity index (χ4v) is 2.62. The Morgan fingerprint density at radius 3 is 2.90 bits per heavy atom. The van der Waals surface area contributed by atoms with Crippen LogP contribution >= 0.6 is 11.8 Å². The number of anilines is 1. The number of amides is 1. The van der Waals surface area contributed by atoms with Crippen molar-refractivity contribution in [3.63, 3.8) is 0 Å². The first-order valence-corrected chi connectivity index (χ1v) is 8.28. The lowest BCUT2D eigenvalue weighted by Crippen LogP contribution is -2.33. The molecule has 1 heterocycles. The number of aromatic nitrogens is 2. The molecule has 0 aliphatic heterocycles. The molecule has 1 amide bonds. The number of unbranched alkanes of at least 4 members (excludes halogenated alkanes) is 3. The van der Waals surface area contributed by atoms with Crippen molar-refractivity contribution in [2.24, 2.45) is 0 Å². The van der Waals surface area contributed by atoms with E-state index in [0.29, 0.717) is 5.16 Å². The lowest BCUT2D eigenvalue weighted by Gasteiger charge is -2.13. The fraction of sp³-hybridized carbons (Fsp3) is 0.643. The highest BCUT2D eigenvalue weighted by atomic mass is 32.2. The molecule has 7 heteroatoms. The van der Waals surface area contributed by atoms with Crippen molar-refractivity contribution in [3.05, 3.63) is 16.4 Å². The van der Waals surface area contributed by atoms with E-state index < -0.39 is 0 Å². The van der Waals surface area contributed by atoms with Crippen molar-refractivity contribution >= 4 is 23.5 Å². The van der Waals surface area contributed by atoms with Crippen LogP contribution in [-0.4, -0.2) is 27.7 Å². The Bertz CT molecular complexity index is 504. The second-order valence-electron chi connectivity index (χ2n) is 5.08. The van der Waals surface area contributed by atoms with E-state index in [-0.39, 0.29) is 29.1 Å². The van der Waals surface area contributed by atoms with Crippen LogP contribution in [0.25, 0.3) is 0 Å². The molecule has 0 spiro atoms. The lowest BCUT2D eigenvalue weighted by molar-refractivity contribution is -0.119. The van der Waals surface area contributed by atoms with Gasteiger partial charge in [-0.15, -0.1) is 0 Å². The van der Waals surface area contributed by atoms with Crippen LogP contribution in [-0.2, 0) is 4.79 Å². The first-order chi connectivity index (χ1) is 10.0. The minimum absolute atomic E-state index is 0.0620. The third-order valence-corrected chi connectivity index (χ3v) is 3.85. The van der Waals surface area contributed by atoms with E-state index in [2.05, 4.69) is 22.2 Å². The predicted octanol–water partition coefficient (Wildman–Crippen LogP) is 1.92. The van der Waals surface area contributed by atoms with Crippen LogP contribution in [0.2, 0.25) is 0 Å². The summed E-state index contributed by atoms with van der Waals surface area (Å²) in [5.74, 6) is 0.310. The molecule has 0 radical (unpaired) electrons.